The Hall–Kier alpha value is -2.28. The van der Waals surface area contributed by atoms with Gasteiger partial charge < -0.3 is 10.2 Å². The van der Waals surface area contributed by atoms with E-state index >= 15 is 0 Å². The van der Waals surface area contributed by atoms with Gasteiger partial charge in [-0.2, -0.15) is 0 Å². The monoisotopic (exact) mass is 388 g/mol. The smallest absolute Gasteiger partial charge is 0.271 e. The lowest BCUT2D eigenvalue weighted by Gasteiger charge is -2.32. The summed E-state index contributed by atoms with van der Waals surface area (Å²) in [5, 5.41) is 2.96. The summed E-state index contributed by atoms with van der Waals surface area (Å²) in [5.41, 5.74) is 0.992. The topological polar surface area (TPSA) is 75.2 Å². The van der Waals surface area contributed by atoms with Crippen LogP contribution < -0.4 is 5.32 Å². The summed E-state index contributed by atoms with van der Waals surface area (Å²) in [6, 6.07) is 7.40. The van der Waals surface area contributed by atoms with Crippen LogP contribution in [0.25, 0.3) is 0 Å². The lowest BCUT2D eigenvalue weighted by Crippen LogP contribution is -2.46. The molecule has 24 heavy (non-hydrogen) atoms. The van der Waals surface area contributed by atoms with Crippen LogP contribution in [-0.4, -0.2) is 45.8 Å². The van der Waals surface area contributed by atoms with E-state index in [1.54, 1.807) is 0 Å². The predicted octanol–water partition coefficient (Wildman–Crippen LogP) is 2.27. The number of aromatic nitrogens is 2. The highest BCUT2D eigenvalue weighted by Gasteiger charge is 2.25. The number of hydrogen-bond donors (Lipinski definition) is 1. The number of nitrogens with zero attached hydrogens (tertiary/aromatic N) is 3. The van der Waals surface area contributed by atoms with Crippen molar-refractivity contribution in [3.63, 3.8) is 0 Å². The highest BCUT2D eigenvalue weighted by atomic mass is 79.9. The average molecular weight is 389 g/mol. The molecule has 0 saturated carbocycles. The highest BCUT2D eigenvalue weighted by Crippen LogP contribution is 2.16. The molecule has 0 aliphatic carbocycles. The molecule has 1 fully saturated rings. The van der Waals surface area contributed by atoms with Crippen LogP contribution in [0.1, 0.15) is 33.7 Å². The number of hydrogen-bond acceptors (Lipinski definition) is 4. The Labute approximate surface area is 148 Å². The van der Waals surface area contributed by atoms with E-state index < -0.39 is 0 Å². The van der Waals surface area contributed by atoms with Gasteiger partial charge in [0.2, 0.25) is 0 Å². The van der Waals surface area contributed by atoms with Crippen molar-refractivity contribution in [3.8, 4) is 0 Å². The molecule has 0 spiro atoms. The molecule has 1 saturated heterocycles. The Morgan fingerprint density at radius 1 is 1.12 bits per heavy atom. The van der Waals surface area contributed by atoms with Crippen LogP contribution in [0.5, 0.6) is 0 Å². The van der Waals surface area contributed by atoms with Crippen molar-refractivity contribution >= 4 is 27.7 Å². The minimum Gasteiger partial charge on any atom is -0.348 e. The Balaban J connectivity index is 1.53. The first-order valence-corrected chi connectivity index (χ1v) is 8.54. The van der Waals surface area contributed by atoms with Crippen LogP contribution in [0.15, 0.2) is 47.3 Å². The van der Waals surface area contributed by atoms with Crippen LogP contribution in [0, 0.1) is 0 Å². The summed E-state index contributed by atoms with van der Waals surface area (Å²) in [6.45, 7) is 1.25. The molecule has 124 valence electrons. The molecular weight excluding hydrogens is 372 g/mol. The van der Waals surface area contributed by atoms with Crippen molar-refractivity contribution in [3.05, 3.63) is 58.6 Å². The molecular formula is C17H17BrN4O2. The van der Waals surface area contributed by atoms with Gasteiger partial charge in [-0.25, -0.2) is 4.98 Å². The third-order valence-electron chi connectivity index (χ3n) is 4.00. The quantitative estimate of drug-likeness (QED) is 0.874. The summed E-state index contributed by atoms with van der Waals surface area (Å²) in [5.74, 6) is -0.193. The van der Waals surface area contributed by atoms with E-state index in [1.807, 2.05) is 29.2 Å². The van der Waals surface area contributed by atoms with Gasteiger partial charge in [0, 0.05) is 41.6 Å². The molecule has 1 aromatic heterocycles. The Bertz CT molecular complexity index is 713. The number of amides is 2. The van der Waals surface area contributed by atoms with Crippen molar-refractivity contribution in [1.82, 2.24) is 20.2 Å². The van der Waals surface area contributed by atoms with E-state index in [0.717, 1.165) is 17.3 Å². The maximum atomic E-state index is 12.5. The summed E-state index contributed by atoms with van der Waals surface area (Å²) in [4.78, 5) is 34.3. The van der Waals surface area contributed by atoms with Crippen LogP contribution in [0.3, 0.4) is 0 Å². The van der Waals surface area contributed by atoms with E-state index in [-0.39, 0.29) is 17.9 Å². The third kappa shape index (κ3) is 3.97. The van der Waals surface area contributed by atoms with Gasteiger partial charge in [-0.15, -0.1) is 0 Å². The normalized spacial score (nSPS) is 15.1. The minimum absolute atomic E-state index is 0.0289. The zero-order valence-electron chi connectivity index (χ0n) is 13.0. The van der Waals surface area contributed by atoms with Gasteiger partial charge in [0.05, 0.1) is 6.20 Å². The number of halogens is 1. The molecule has 0 atom stereocenters. The fourth-order valence-electron chi connectivity index (χ4n) is 2.68. The molecule has 0 bridgehead atoms. The lowest BCUT2D eigenvalue weighted by molar-refractivity contribution is 0.0697. The summed E-state index contributed by atoms with van der Waals surface area (Å²) in [6.07, 6.45) is 5.93. The zero-order chi connectivity index (χ0) is 16.9. The van der Waals surface area contributed by atoms with Gasteiger partial charge >= 0.3 is 0 Å². The number of carbonyl (C=O) groups is 2. The van der Waals surface area contributed by atoms with Crippen LogP contribution >= 0.6 is 15.9 Å². The largest absolute Gasteiger partial charge is 0.348 e. The van der Waals surface area contributed by atoms with Gasteiger partial charge in [0.1, 0.15) is 5.69 Å². The molecule has 0 radical (unpaired) electrons. The molecule has 0 unspecified atom stereocenters. The van der Waals surface area contributed by atoms with Gasteiger partial charge in [-0.3, -0.25) is 14.6 Å². The summed E-state index contributed by atoms with van der Waals surface area (Å²) in [7, 11) is 0. The number of rotatable bonds is 3. The fourth-order valence-corrected chi connectivity index (χ4v) is 2.94. The molecule has 3 rings (SSSR count). The standard InChI is InChI=1S/C17H17BrN4O2/c18-13-3-1-12(2-4-13)17(24)22-9-5-14(6-10-22)21-16(23)15-11-19-7-8-20-15/h1-4,7-8,11,14H,5-6,9-10H2,(H,21,23). The van der Waals surface area contributed by atoms with Crippen molar-refractivity contribution in [2.45, 2.75) is 18.9 Å². The molecule has 2 heterocycles. The van der Waals surface area contributed by atoms with E-state index in [0.29, 0.717) is 24.3 Å². The maximum Gasteiger partial charge on any atom is 0.271 e. The molecule has 1 N–H and O–H groups in total. The molecule has 2 aromatic rings. The summed E-state index contributed by atoms with van der Waals surface area (Å²) < 4.78 is 0.949. The van der Waals surface area contributed by atoms with Crippen molar-refractivity contribution in [2.75, 3.05) is 13.1 Å². The van der Waals surface area contributed by atoms with E-state index in [1.165, 1.54) is 18.6 Å². The molecule has 2 amide bonds. The number of likely N-dealkylation sites (tertiary alicyclic amines) is 1. The Morgan fingerprint density at radius 2 is 1.83 bits per heavy atom. The first-order valence-electron chi connectivity index (χ1n) is 7.75. The minimum atomic E-state index is -0.221. The lowest BCUT2D eigenvalue weighted by atomic mass is 10.0. The second-order valence-electron chi connectivity index (χ2n) is 5.64. The van der Waals surface area contributed by atoms with Gasteiger partial charge in [-0.1, -0.05) is 15.9 Å². The molecule has 1 aromatic carbocycles. The van der Waals surface area contributed by atoms with Gasteiger partial charge in [-0.05, 0) is 37.1 Å². The van der Waals surface area contributed by atoms with Crippen LogP contribution in [0.2, 0.25) is 0 Å². The first kappa shape index (κ1) is 16.6. The number of piperidine rings is 1. The van der Waals surface area contributed by atoms with Crippen molar-refractivity contribution < 1.29 is 9.59 Å². The van der Waals surface area contributed by atoms with Crippen molar-refractivity contribution in [1.29, 1.82) is 0 Å². The van der Waals surface area contributed by atoms with E-state index in [2.05, 4.69) is 31.2 Å². The molecule has 1 aliphatic heterocycles. The average Bonchev–Trinajstić information content (AvgIpc) is 2.63. The Kier molecular flexibility index (Phi) is 5.20. The first-order chi connectivity index (χ1) is 11.6. The number of nitrogens with one attached hydrogen (secondary N) is 1. The second-order valence-corrected chi connectivity index (χ2v) is 6.55. The second kappa shape index (κ2) is 7.53. The summed E-state index contributed by atoms with van der Waals surface area (Å²) >= 11 is 3.37. The Morgan fingerprint density at radius 3 is 2.46 bits per heavy atom. The molecule has 1 aliphatic rings. The SMILES string of the molecule is O=C(NC1CCN(C(=O)c2ccc(Br)cc2)CC1)c1cnccn1. The van der Waals surface area contributed by atoms with Crippen LogP contribution in [-0.2, 0) is 0 Å². The zero-order valence-corrected chi connectivity index (χ0v) is 14.6. The highest BCUT2D eigenvalue weighted by molar-refractivity contribution is 9.10. The fraction of sp³-hybridized carbons (Fsp3) is 0.294. The van der Waals surface area contributed by atoms with Gasteiger partial charge in [0.15, 0.2) is 0 Å². The molecule has 6 nitrogen and oxygen atoms in total. The molecule has 7 heteroatoms. The van der Waals surface area contributed by atoms with Crippen molar-refractivity contribution in [2.24, 2.45) is 0 Å². The van der Waals surface area contributed by atoms with Gasteiger partial charge in [0.25, 0.3) is 11.8 Å². The number of carbonyl (C=O) groups excluding carboxylic acids is 2. The third-order valence-corrected chi connectivity index (χ3v) is 4.53. The van der Waals surface area contributed by atoms with Crippen LogP contribution in [0.4, 0.5) is 0 Å². The van der Waals surface area contributed by atoms with E-state index in [4.69, 9.17) is 0 Å². The van der Waals surface area contributed by atoms with E-state index in [9.17, 15) is 9.59 Å². The predicted molar refractivity (Wildman–Crippen MR) is 92.6 cm³/mol. The number of benzene rings is 1. The maximum absolute atomic E-state index is 12.5.